The number of benzene rings is 1. The van der Waals surface area contributed by atoms with E-state index in [0.29, 0.717) is 11.8 Å². The Morgan fingerprint density at radius 3 is 2.77 bits per heavy atom. The first kappa shape index (κ1) is 14.3. The van der Waals surface area contributed by atoms with Crippen LogP contribution in [-0.2, 0) is 11.3 Å². The third-order valence-corrected chi connectivity index (χ3v) is 3.54. The molecule has 0 bridgehead atoms. The summed E-state index contributed by atoms with van der Waals surface area (Å²) in [6.07, 6.45) is 0. The fourth-order valence-electron chi connectivity index (χ4n) is 2.35. The van der Waals surface area contributed by atoms with Crippen molar-refractivity contribution in [2.45, 2.75) is 26.3 Å². The van der Waals surface area contributed by atoms with Crippen molar-refractivity contribution in [3.8, 4) is 11.6 Å². The predicted molar refractivity (Wildman–Crippen MR) is 83.4 cm³/mol. The molecule has 0 aliphatic carbocycles. The van der Waals surface area contributed by atoms with E-state index in [-0.39, 0.29) is 18.4 Å². The van der Waals surface area contributed by atoms with Gasteiger partial charge in [0.15, 0.2) is 0 Å². The van der Waals surface area contributed by atoms with Crippen molar-refractivity contribution in [3.05, 3.63) is 36.2 Å². The number of para-hydroxylation sites is 1. The molecule has 3 aromatic rings. The van der Waals surface area contributed by atoms with Crippen LogP contribution in [0.2, 0.25) is 0 Å². The summed E-state index contributed by atoms with van der Waals surface area (Å²) >= 11 is 0. The number of hydrogen-bond acceptors (Lipinski definition) is 4. The molecule has 2 aromatic heterocycles. The second-order valence-electron chi connectivity index (χ2n) is 5.45. The van der Waals surface area contributed by atoms with Gasteiger partial charge < -0.3 is 14.3 Å². The molecular weight excluding hydrogens is 280 g/mol. The molecule has 0 fully saturated rings. The van der Waals surface area contributed by atoms with Crippen LogP contribution in [-0.4, -0.2) is 27.7 Å². The minimum absolute atomic E-state index is 0.0776. The number of carbonyl (C=O) groups is 1. The minimum Gasteiger partial charge on any atom is -0.419 e. The highest BCUT2D eigenvalue weighted by atomic mass is 16.4. The fraction of sp³-hybridized carbons (Fsp3) is 0.312. The van der Waals surface area contributed by atoms with Gasteiger partial charge in [0.2, 0.25) is 11.8 Å². The minimum atomic E-state index is -0.0776. The number of rotatable bonds is 4. The van der Waals surface area contributed by atoms with Crippen LogP contribution in [0, 0.1) is 0 Å². The van der Waals surface area contributed by atoms with Crippen molar-refractivity contribution < 1.29 is 9.21 Å². The summed E-state index contributed by atoms with van der Waals surface area (Å²) in [6, 6.07) is 9.85. The lowest BCUT2D eigenvalue weighted by molar-refractivity contribution is -0.121. The Morgan fingerprint density at radius 1 is 1.32 bits per heavy atom. The van der Waals surface area contributed by atoms with Gasteiger partial charge in [-0.25, -0.2) is 0 Å². The fourth-order valence-corrected chi connectivity index (χ4v) is 2.35. The Kier molecular flexibility index (Phi) is 3.66. The number of likely N-dealkylation sites (N-methyl/N-ethyl adjacent to an activating group) is 1. The first-order valence-corrected chi connectivity index (χ1v) is 7.22. The maximum absolute atomic E-state index is 11.8. The van der Waals surface area contributed by atoms with E-state index < -0.39 is 0 Å². The molecule has 3 rings (SSSR count). The van der Waals surface area contributed by atoms with Crippen LogP contribution in [0.15, 0.2) is 34.7 Å². The summed E-state index contributed by atoms with van der Waals surface area (Å²) in [5.74, 6) is 1.11. The van der Waals surface area contributed by atoms with Crippen LogP contribution in [0.3, 0.4) is 0 Å². The maximum Gasteiger partial charge on any atom is 0.264 e. The van der Waals surface area contributed by atoms with Crippen LogP contribution in [0.1, 0.15) is 25.7 Å². The van der Waals surface area contributed by atoms with E-state index in [9.17, 15) is 4.79 Å². The van der Waals surface area contributed by atoms with Gasteiger partial charge in [0, 0.05) is 23.9 Å². The quantitative estimate of drug-likeness (QED) is 0.803. The largest absolute Gasteiger partial charge is 0.419 e. The molecule has 6 heteroatoms. The normalized spacial score (nSPS) is 11.3. The van der Waals surface area contributed by atoms with Crippen LogP contribution in [0.25, 0.3) is 22.5 Å². The van der Waals surface area contributed by atoms with E-state index >= 15 is 0 Å². The third-order valence-electron chi connectivity index (χ3n) is 3.54. The first-order chi connectivity index (χ1) is 10.6. The summed E-state index contributed by atoms with van der Waals surface area (Å²) in [5, 5.41) is 11.9. The van der Waals surface area contributed by atoms with Crippen molar-refractivity contribution in [2.24, 2.45) is 0 Å². The summed E-state index contributed by atoms with van der Waals surface area (Å²) in [7, 11) is 1.62. The lowest BCUT2D eigenvalue weighted by Gasteiger charge is -2.07. The van der Waals surface area contributed by atoms with E-state index in [1.165, 1.54) is 0 Å². The summed E-state index contributed by atoms with van der Waals surface area (Å²) < 4.78 is 7.64. The molecule has 114 valence electrons. The third kappa shape index (κ3) is 2.47. The number of nitrogens with zero attached hydrogens (tertiary/aromatic N) is 3. The molecule has 0 saturated carbocycles. The van der Waals surface area contributed by atoms with E-state index in [1.54, 1.807) is 7.05 Å². The average Bonchev–Trinajstić information content (AvgIpc) is 3.12. The Balaban J connectivity index is 2.14. The average molecular weight is 298 g/mol. The number of aromatic nitrogens is 3. The molecule has 0 aliphatic heterocycles. The highest BCUT2D eigenvalue weighted by Crippen LogP contribution is 2.28. The smallest absolute Gasteiger partial charge is 0.264 e. The highest BCUT2D eigenvalue weighted by Gasteiger charge is 2.18. The molecule has 6 nitrogen and oxygen atoms in total. The van der Waals surface area contributed by atoms with E-state index in [1.807, 2.05) is 48.7 Å². The zero-order valence-corrected chi connectivity index (χ0v) is 12.8. The molecule has 0 spiro atoms. The predicted octanol–water partition coefficient (Wildman–Crippen LogP) is 2.56. The molecule has 1 amide bonds. The molecule has 22 heavy (non-hydrogen) atoms. The summed E-state index contributed by atoms with van der Waals surface area (Å²) in [6.45, 7) is 4.20. The van der Waals surface area contributed by atoms with Gasteiger partial charge in [0.1, 0.15) is 12.2 Å². The number of amides is 1. The topological polar surface area (TPSA) is 73.0 Å². The van der Waals surface area contributed by atoms with Gasteiger partial charge in [-0.1, -0.05) is 32.0 Å². The van der Waals surface area contributed by atoms with Crippen LogP contribution < -0.4 is 5.32 Å². The van der Waals surface area contributed by atoms with Gasteiger partial charge in [0.05, 0.1) is 0 Å². The summed E-state index contributed by atoms with van der Waals surface area (Å²) in [4.78, 5) is 11.8. The molecule has 0 unspecified atom stereocenters. The van der Waals surface area contributed by atoms with E-state index in [0.717, 1.165) is 16.6 Å². The zero-order chi connectivity index (χ0) is 15.7. The molecule has 0 atom stereocenters. The second-order valence-corrected chi connectivity index (χ2v) is 5.45. The lowest BCUT2D eigenvalue weighted by Crippen LogP contribution is -2.23. The molecular formula is C16H18N4O2. The lowest BCUT2D eigenvalue weighted by atomic mass is 10.2. The molecule has 0 aliphatic rings. The Hall–Kier alpha value is -2.63. The molecule has 2 heterocycles. The molecule has 0 radical (unpaired) electrons. The molecule has 1 N–H and O–H groups in total. The molecule has 1 aromatic carbocycles. The van der Waals surface area contributed by atoms with E-state index in [2.05, 4.69) is 15.5 Å². The van der Waals surface area contributed by atoms with Gasteiger partial charge in [-0.05, 0) is 12.1 Å². The van der Waals surface area contributed by atoms with Crippen molar-refractivity contribution in [2.75, 3.05) is 7.05 Å². The number of fused-ring (bicyclic) bond motifs is 1. The number of nitrogens with one attached hydrogen (secondary N) is 1. The SMILES string of the molecule is CNC(=O)Cn1c(-c2nnc(C(C)C)o2)cc2ccccc21. The Labute approximate surface area is 128 Å². The van der Waals surface area contributed by atoms with Gasteiger partial charge in [-0.15, -0.1) is 10.2 Å². The summed E-state index contributed by atoms with van der Waals surface area (Å²) in [5.41, 5.74) is 1.72. The monoisotopic (exact) mass is 298 g/mol. The van der Waals surface area contributed by atoms with Crippen molar-refractivity contribution in [3.63, 3.8) is 0 Å². The van der Waals surface area contributed by atoms with Gasteiger partial charge in [-0.3, -0.25) is 4.79 Å². The Morgan fingerprint density at radius 2 is 2.09 bits per heavy atom. The van der Waals surface area contributed by atoms with Crippen LogP contribution in [0.4, 0.5) is 0 Å². The second kappa shape index (κ2) is 5.63. The van der Waals surface area contributed by atoms with Crippen molar-refractivity contribution in [1.29, 1.82) is 0 Å². The van der Waals surface area contributed by atoms with Gasteiger partial charge in [-0.2, -0.15) is 0 Å². The maximum atomic E-state index is 11.8. The first-order valence-electron chi connectivity index (χ1n) is 7.22. The van der Waals surface area contributed by atoms with Crippen molar-refractivity contribution in [1.82, 2.24) is 20.1 Å². The van der Waals surface area contributed by atoms with Gasteiger partial charge >= 0.3 is 0 Å². The van der Waals surface area contributed by atoms with E-state index in [4.69, 9.17) is 4.42 Å². The van der Waals surface area contributed by atoms with Crippen molar-refractivity contribution >= 4 is 16.8 Å². The number of carbonyl (C=O) groups excluding carboxylic acids is 1. The van der Waals surface area contributed by atoms with Crippen LogP contribution >= 0.6 is 0 Å². The number of hydrogen-bond donors (Lipinski definition) is 1. The molecule has 0 saturated heterocycles. The zero-order valence-electron chi connectivity index (χ0n) is 12.8. The highest BCUT2D eigenvalue weighted by molar-refractivity contribution is 5.88. The standard InChI is InChI=1S/C16H18N4O2/c1-10(2)15-18-19-16(22-15)13-8-11-6-4-5-7-12(11)20(13)9-14(21)17-3/h4-8,10H,9H2,1-3H3,(H,17,21). The Bertz CT molecular complexity index is 817. The van der Waals surface area contributed by atoms with Gasteiger partial charge in [0.25, 0.3) is 5.89 Å². The van der Waals surface area contributed by atoms with Crippen LogP contribution in [0.5, 0.6) is 0 Å².